The molecule has 1 aromatic heterocycles. The highest BCUT2D eigenvalue weighted by Crippen LogP contribution is 2.21. The molecule has 0 saturated carbocycles. The van der Waals surface area contributed by atoms with Crippen LogP contribution in [0.2, 0.25) is 0 Å². The van der Waals surface area contributed by atoms with Gasteiger partial charge in [0.05, 0.1) is 6.42 Å². The van der Waals surface area contributed by atoms with Crippen molar-refractivity contribution in [2.45, 2.75) is 25.3 Å². The number of rotatable bonds is 5. The lowest BCUT2D eigenvalue weighted by atomic mass is 10.0. The number of anilines is 1. The first-order chi connectivity index (χ1) is 9.16. The number of aromatic nitrogens is 1. The van der Waals surface area contributed by atoms with Crippen LogP contribution >= 0.6 is 0 Å². The van der Waals surface area contributed by atoms with Gasteiger partial charge in [0.1, 0.15) is 0 Å². The highest BCUT2D eigenvalue weighted by atomic mass is 16.4. The van der Waals surface area contributed by atoms with Gasteiger partial charge in [-0.1, -0.05) is 0 Å². The predicted octanol–water partition coefficient (Wildman–Crippen LogP) is 1.46. The first-order valence-electron chi connectivity index (χ1n) is 6.74. The van der Waals surface area contributed by atoms with E-state index in [1.54, 1.807) is 0 Å². The highest BCUT2D eigenvalue weighted by molar-refractivity contribution is 5.66. The third kappa shape index (κ3) is 3.92. The first-order valence-corrected chi connectivity index (χ1v) is 6.74. The molecule has 2 heterocycles. The van der Waals surface area contributed by atoms with Crippen molar-refractivity contribution in [3.8, 4) is 0 Å². The van der Waals surface area contributed by atoms with Gasteiger partial charge in [0.15, 0.2) is 0 Å². The molecule has 0 atom stereocenters. The summed E-state index contributed by atoms with van der Waals surface area (Å²) in [7, 11) is 2.02. The second kappa shape index (κ2) is 6.52. The lowest BCUT2D eigenvalue weighted by molar-refractivity contribution is -0.137. The molecular formula is C14H21N3O2. The van der Waals surface area contributed by atoms with Crippen molar-refractivity contribution in [2.75, 3.05) is 31.6 Å². The molecule has 0 amide bonds. The van der Waals surface area contributed by atoms with Gasteiger partial charge in [0.2, 0.25) is 0 Å². The Kier molecular flexibility index (Phi) is 4.74. The van der Waals surface area contributed by atoms with Crippen molar-refractivity contribution in [3.63, 3.8) is 0 Å². The van der Waals surface area contributed by atoms with Crippen molar-refractivity contribution in [2.24, 2.45) is 0 Å². The van der Waals surface area contributed by atoms with E-state index in [0.717, 1.165) is 25.9 Å². The van der Waals surface area contributed by atoms with E-state index in [-0.39, 0.29) is 6.42 Å². The van der Waals surface area contributed by atoms with Crippen LogP contribution in [0.1, 0.15) is 19.3 Å². The van der Waals surface area contributed by atoms with Crippen LogP contribution in [-0.4, -0.2) is 53.7 Å². The van der Waals surface area contributed by atoms with E-state index in [1.807, 2.05) is 31.6 Å². The summed E-state index contributed by atoms with van der Waals surface area (Å²) in [5.41, 5.74) is 1.22. The van der Waals surface area contributed by atoms with Crippen molar-refractivity contribution in [1.82, 2.24) is 9.88 Å². The quantitative estimate of drug-likeness (QED) is 0.871. The number of carboxylic acids is 1. The van der Waals surface area contributed by atoms with E-state index in [2.05, 4.69) is 14.8 Å². The van der Waals surface area contributed by atoms with Crippen molar-refractivity contribution < 1.29 is 9.90 Å². The molecule has 104 valence electrons. The zero-order chi connectivity index (χ0) is 13.7. The van der Waals surface area contributed by atoms with Gasteiger partial charge >= 0.3 is 5.97 Å². The van der Waals surface area contributed by atoms with Crippen LogP contribution in [0, 0.1) is 0 Å². The Morgan fingerprint density at radius 3 is 2.63 bits per heavy atom. The minimum absolute atomic E-state index is 0.223. The van der Waals surface area contributed by atoms with Gasteiger partial charge in [-0.2, -0.15) is 0 Å². The summed E-state index contributed by atoms with van der Waals surface area (Å²) in [6, 6.07) is 4.57. The lowest BCUT2D eigenvalue weighted by Gasteiger charge is -2.37. The van der Waals surface area contributed by atoms with Crippen LogP contribution in [0.25, 0.3) is 0 Å². The van der Waals surface area contributed by atoms with Crippen LogP contribution in [0.5, 0.6) is 0 Å². The molecule has 19 heavy (non-hydrogen) atoms. The monoisotopic (exact) mass is 263 g/mol. The van der Waals surface area contributed by atoms with E-state index < -0.39 is 5.97 Å². The molecule has 5 heteroatoms. The van der Waals surface area contributed by atoms with E-state index in [4.69, 9.17) is 5.11 Å². The third-order valence-corrected chi connectivity index (χ3v) is 3.79. The maximum Gasteiger partial charge on any atom is 0.304 e. The fraction of sp³-hybridized carbons (Fsp3) is 0.571. The number of hydrogen-bond acceptors (Lipinski definition) is 4. The summed E-state index contributed by atoms with van der Waals surface area (Å²) in [5, 5.41) is 8.71. The maximum atomic E-state index is 10.6. The molecule has 0 spiro atoms. The number of aliphatic carboxylic acids is 1. The molecule has 1 N–H and O–H groups in total. The molecule has 5 nitrogen and oxygen atoms in total. The van der Waals surface area contributed by atoms with Crippen molar-refractivity contribution >= 4 is 11.7 Å². The topological polar surface area (TPSA) is 56.7 Å². The van der Waals surface area contributed by atoms with Crippen LogP contribution < -0.4 is 4.90 Å². The SMILES string of the molecule is CN(CCC(=O)O)C1CCN(c2ccncc2)CC1. The first kappa shape index (κ1) is 13.8. The fourth-order valence-corrected chi connectivity index (χ4v) is 2.57. The Bertz CT molecular complexity index is 402. The molecule has 1 aromatic rings. The molecular weight excluding hydrogens is 242 g/mol. The summed E-state index contributed by atoms with van der Waals surface area (Å²) in [6.45, 7) is 2.67. The van der Waals surface area contributed by atoms with Gasteiger partial charge in [0, 0.05) is 43.8 Å². The highest BCUT2D eigenvalue weighted by Gasteiger charge is 2.22. The Labute approximate surface area is 113 Å². The Hall–Kier alpha value is -1.62. The Morgan fingerprint density at radius 1 is 1.42 bits per heavy atom. The molecule has 0 aliphatic carbocycles. The summed E-state index contributed by atoms with van der Waals surface area (Å²) in [6.07, 6.45) is 6.03. The zero-order valence-corrected chi connectivity index (χ0v) is 11.3. The standard InChI is InChI=1S/C14H21N3O2/c1-16(9-6-14(18)19)12-4-10-17(11-5-12)13-2-7-15-8-3-13/h2-3,7-8,12H,4-6,9-11H2,1H3,(H,18,19). The number of piperidine rings is 1. The maximum absolute atomic E-state index is 10.6. The second-order valence-electron chi connectivity index (χ2n) is 5.05. The number of nitrogens with zero attached hydrogens (tertiary/aromatic N) is 3. The summed E-state index contributed by atoms with van der Waals surface area (Å²) >= 11 is 0. The molecule has 1 aliphatic heterocycles. The third-order valence-electron chi connectivity index (χ3n) is 3.79. The van der Waals surface area contributed by atoms with Gasteiger partial charge in [-0.25, -0.2) is 0 Å². The van der Waals surface area contributed by atoms with E-state index in [0.29, 0.717) is 12.6 Å². The van der Waals surface area contributed by atoms with E-state index in [1.165, 1.54) is 5.69 Å². The minimum Gasteiger partial charge on any atom is -0.481 e. The predicted molar refractivity (Wildman–Crippen MR) is 74.4 cm³/mol. The number of carbonyl (C=O) groups is 1. The number of carboxylic acid groups (broad SMARTS) is 1. The van der Waals surface area contributed by atoms with Gasteiger partial charge < -0.3 is 14.9 Å². The van der Waals surface area contributed by atoms with Crippen molar-refractivity contribution in [3.05, 3.63) is 24.5 Å². The molecule has 2 rings (SSSR count). The van der Waals surface area contributed by atoms with Gasteiger partial charge in [-0.3, -0.25) is 9.78 Å². The minimum atomic E-state index is -0.721. The lowest BCUT2D eigenvalue weighted by Crippen LogP contribution is -2.44. The number of pyridine rings is 1. The van der Waals surface area contributed by atoms with Crippen molar-refractivity contribution in [1.29, 1.82) is 0 Å². The fourth-order valence-electron chi connectivity index (χ4n) is 2.57. The van der Waals surface area contributed by atoms with Crippen LogP contribution in [0.15, 0.2) is 24.5 Å². The van der Waals surface area contributed by atoms with E-state index >= 15 is 0 Å². The van der Waals surface area contributed by atoms with Crippen LogP contribution in [0.4, 0.5) is 5.69 Å². The molecule has 0 radical (unpaired) electrons. The molecule has 1 fully saturated rings. The van der Waals surface area contributed by atoms with Crippen LogP contribution in [0.3, 0.4) is 0 Å². The molecule has 1 aliphatic rings. The summed E-state index contributed by atoms with van der Waals surface area (Å²) < 4.78 is 0. The van der Waals surface area contributed by atoms with Gasteiger partial charge in [-0.15, -0.1) is 0 Å². The largest absolute Gasteiger partial charge is 0.481 e. The molecule has 0 aromatic carbocycles. The average Bonchev–Trinajstić information content (AvgIpc) is 2.46. The molecule has 1 saturated heterocycles. The summed E-state index contributed by atoms with van der Waals surface area (Å²) in [5.74, 6) is -0.721. The molecule has 0 bridgehead atoms. The Morgan fingerprint density at radius 2 is 2.05 bits per heavy atom. The van der Waals surface area contributed by atoms with Crippen LogP contribution in [-0.2, 0) is 4.79 Å². The Balaban J connectivity index is 1.80. The van der Waals surface area contributed by atoms with E-state index in [9.17, 15) is 4.79 Å². The second-order valence-corrected chi connectivity index (χ2v) is 5.05. The normalized spacial score (nSPS) is 16.8. The zero-order valence-electron chi connectivity index (χ0n) is 11.3. The number of hydrogen-bond donors (Lipinski definition) is 1. The average molecular weight is 263 g/mol. The smallest absolute Gasteiger partial charge is 0.304 e. The van der Waals surface area contributed by atoms with Gasteiger partial charge in [-0.05, 0) is 32.0 Å². The molecule has 0 unspecified atom stereocenters. The van der Waals surface area contributed by atoms with Gasteiger partial charge in [0.25, 0.3) is 0 Å². The summed E-state index contributed by atoms with van der Waals surface area (Å²) in [4.78, 5) is 19.2.